The van der Waals surface area contributed by atoms with Crippen molar-refractivity contribution in [3.8, 4) is 11.8 Å². The number of hydrogen-bond acceptors (Lipinski definition) is 6. The third kappa shape index (κ3) is 5.06. The largest absolute Gasteiger partial charge is 0.493 e. The van der Waals surface area contributed by atoms with E-state index in [0.29, 0.717) is 79.7 Å². The highest BCUT2D eigenvalue weighted by Crippen LogP contribution is 2.61. The Hall–Kier alpha value is -4.16. The number of allylic oxidation sites excluding steroid dienone is 1. The fraction of sp³-hybridized carbons (Fsp3) is 0.357. The van der Waals surface area contributed by atoms with Gasteiger partial charge in [-0.05, 0) is 55.2 Å². The van der Waals surface area contributed by atoms with Gasteiger partial charge in [0.15, 0.2) is 0 Å². The summed E-state index contributed by atoms with van der Waals surface area (Å²) >= 11 is 0. The van der Waals surface area contributed by atoms with Gasteiger partial charge in [-0.1, -0.05) is 12.1 Å². The second kappa shape index (κ2) is 10.1. The molecular weight excluding hydrogens is 474 g/mol. The van der Waals surface area contributed by atoms with E-state index in [-0.39, 0.29) is 17.7 Å². The summed E-state index contributed by atoms with van der Waals surface area (Å²) < 4.78 is 11.0. The molecule has 9 nitrogen and oxygen atoms in total. The SMILES string of the molecule is N#Cc1ccc(CC=CC(=O)O)c(NC(=O)[C@@H]2C[C@]23CCOc2ccc(C(=O)NCC4COC4)cc23)c1. The third-order valence-electron chi connectivity index (χ3n) is 7.33. The van der Waals surface area contributed by atoms with Crippen LogP contribution in [-0.4, -0.2) is 49.3 Å². The lowest BCUT2D eigenvalue weighted by Crippen LogP contribution is -2.39. The first-order valence-electron chi connectivity index (χ1n) is 12.3. The van der Waals surface area contributed by atoms with Crippen molar-refractivity contribution >= 4 is 23.5 Å². The van der Waals surface area contributed by atoms with Gasteiger partial charge in [-0.15, -0.1) is 0 Å². The zero-order valence-corrected chi connectivity index (χ0v) is 20.2. The van der Waals surface area contributed by atoms with Gasteiger partial charge in [0.05, 0.1) is 31.5 Å². The van der Waals surface area contributed by atoms with E-state index >= 15 is 0 Å². The number of carbonyl (C=O) groups is 3. The minimum Gasteiger partial charge on any atom is -0.493 e. The maximum absolute atomic E-state index is 13.4. The smallest absolute Gasteiger partial charge is 0.327 e. The maximum Gasteiger partial charge on any atom is 0.327 e. The van der Waals surface area contributed by atoms with Gasteiger partial charge in [0.25, 0.3) is 5.91 Å². The van der Waals surface area contributed by atoms with Gasteiger partial charge in [0.1, 0.15) is 5.75 Å². The predicted octanol–water partition coefficient (Wildman–Crippen LogP) is 2.80. The Balaban J connectivity index is 1.33. The number of nitrogens with one attached hydrogen (secondary N) is 2. The van der Waals surface area contributed by atoms with Crippen molar-refractivity contribution in [2.45, 2.75) is 24.7 Å². The molecule has 37 heavy (non-hydrogen) atoms. The molecule has 0 unspecified atom stereocenters. The molecule has 2 aliphatic heterocycles. The van der Waals surface area contributed by atoms with Crippen LogP contribution in [0.2, 0.25) is 0 Å². The fourth-order valence-corrected chi connectivity index (χ4v) is 5.08. The van der Waals surface area contributed by atoms with Crippen molar-refractivity contribution in [3.05, 3.63) is 70.8 Å². The molecular formula is C28H27N3O6. The molecule has 1 saturated heterocycles. The number of nitrogens with zero attached hydrogens (tertiary/aromatic N) is 1. The number of anilines is 1. The Labute approximate surface area is 214 Å². The molecule has 1 aliphatic carbocycles. The molecule has 1 spiro atoms. The monoisotopic (exact) mass is 501 g/mol. The lowest BCUT2D eigenvalue weighted by molar-refractivity contribution is -0.131. The number of carboxylic acids is 1. The summed E-state index contributed by atoms with van der Waals surface area (Å²) in [5.41, 5.74) is 2.58. The first-order valence-corrected chi connectivity index (χ1v) is 12.3. The Morgan fingerprint density at radius 1 is 1.19 bits per heavy atom. The molecule has 2 fully saturated rings. The molecule has 2 amide bonds. The third-order valence-corrected chi connectivity index (χ3v) is 7.33. The predicted molar refractivity (Wildman–Crippen MR) is 133 cm³/mol. The molecule has 0 aromatic heterocycles. The number of hydrogen-bond donors (Lipinski definition) is 3. The Morgan fingerprint density at radius 2 is 2.03 bits per heavy atom. The van der Waals surface area contributed by atoms with Crippen molar-refractivity contribution in [1.82, 2.24) is 5.32 Å². The van der Waals surface area contributed by atoms with E-state index in [4.69, 9.17) is 14.6 Å². The quantitative estimate of drug-likeness (QED) is 0.473. The van der Waals surface area contributed by atoms with Crippen LogP contribution in [0.5, 0.6) is 5.75 Å². The number of nitriles is 1. The molecule has 3 aliphatic rings. The van der Waals surface area contributed by atoms with Crippen LogP contribution >= 0.6 is 0 Å². The summed E-state index contributed by atoms with van der Waals surface area (Å²) in [5, 5.41) is 24.1. The van der Waals surface area contributed by atoms with Gasteiger partial charge < -0.3 is 25.2 Å². The van der Waals surface area contributed by atoms with Gasteiger partial charge in [-0.25, -0.2) is 4.79 Å². The molecule has 2 aromatic carbocycles. The minimum absolute atomic E-state index is 0.163. The van der Waals surface area contributed by atoms with Gasteiger partial charge in [-0.2, -0.15) is 5.26 Å². The van der Waals surface area contributed by atoms with Crippen molar-refractivity contribution in [1.29, 1.82) is 5.26 Å². The molecule has 2 atom stereocenters. The van der Waals surface area contributed by atoms with Gasteiger partial charge in [-0.3, -0.25) is 9.59 Å². The first kappa shape index (κ1) is 24.5. The van der Waals surface area contributed by atoms with Crippen molar-refractivity contribution in [2.24, 2.45) is 11.8 Å². The molecule has 1 saturated carbocycles. The van der Waals surface area contributed by atoms with E-state index < -0.39 is 11.4 Å². The van der Waals surface area contributed by atoms with Crippen LogP contribution in [-0.2, 0) is 26.2 Å². The number of aliphatic carboxylic acids is 1. The van der Waals surface area contributed by atoms with Crippen molar-refractivity contribution < 1.29 is 29.0 Å². The van der Waals surface area contributed by atoms with E-state index in [1.165, 1.54) is 6.08 Å². The molecule has 2 heterocycles. The summed E-state index contributed by atoms with van der Waals surface area (Å²) in [7, 11) is 0. The Morgan fingerprint density at radius 3 is 2.76 bits per heavy atom. The number of amides is 2. The highest BCUT2D eigenvalue weighted by Gasteiger charge is 2.61. The average molecular weight is 502 g/mol. The van der Waals surface area contributed by atoms with E-state index in [9.17, 15) is 19.6 Å². The van der Waals surface area contributed by atoms with Gasteiger partial charge in [0, 0.05) is 46.7 Å². The average Bonchev–Trinajstić information content (AvgIpc) is 3.58. The van der Waals surface area contributed by atoms with Crippen LogP contribution < -0.4 is 15.4 Å². The molecule has 3 N–H and O–H groups in total. The molecule has 2 aromatic rings. The van der Waals surface area contributed by atoms with E-state index in [0.717, 1.165) is 11.6 Å². The highest BCUT2D eigenvalue weighted by atomic mass is 16.5. The number of carbonyl (C=O) groups excluding carboxylic acids is 2. The second-order valence-electron chi connectivity index (χ2n) is 9.75. The van der Waals surface area contributed by atoms with Crippen LogP contribution in [0.15, 0.2) is 48.6 Å². The van der Waals surface area contributed by atoms with Crippen LogP contribution in [0.4, 0.5) is 5.69 Å². The Kier molecular flexibility index (Phi) is 6.68. The van der Waals surface area contributed by atoms with Crippen LogP contribution in [0.1, 0.15) is 39.9 Å². The number of fused-ring (bicyclic) bond motifs is 2. The van der Waals surface area contributed by atoms with Crippen LogP contribution in [0, 0.1) is 23.2 Å². The van der Waals surface area contributed by atoms with E-state index in [2.05, 4.69) is 16.7 Å². The molecule has 0 bridgehead atoms. The van der Waals surface area contributed by atoms with E-state index in [1.54, 1.807) is 30.3 Å². The molecule has 9 heteroatoms. The van der Waals surface area contributed by atoms with Crippen LogP contribution in [0.25, 0.3) is 0 Å². The Bertz CT molecular complexity index is 1330. The number of rotatable bonds is 8. The second-order valence-corrected chi connectivity index (χ2v) is 9.75. The zero-order chi connectivity index (χ0) is 26.0. The highest BCUT2D eigenvalue weighted by molar-refractivity contribution is 5.98. The number of carboxylic acid groups (broad SMARTS) is 1. The summed E-state index contributed by atoms with van der Waals surface area (Å²) in [6.07, 6.45) is 4.14. The van der Waals surface area contributed by atoms with Crippen molar-refractivity contribution in [2.75, 3.05) is 31.7 Å². The summed E-state index contributed by atoms with van der Waals surface area (Å²) in [5.74, 6) is -0.667. The standard InChI is InChI=1S/C28H27N3O6/c29-13-17-4-5-19(2-1-3-25(32)33)23(10-17)31-27(35)22-12-28(22)8-9-37-24-7-6-20(11-21(24)28)26(34)30-14-18-15-36-16-18/h1,3-7,10-11,18,22H,2,8-9,12,14-16H2,(H,30,34)(H,31,35)(H,32,33)/t22-,28-/m0/s1. The van der Waals surface area contributed by atoms with Gasteiger partial charge >= 0.3 is 5.97 Å². The summed E-state index contributed by atoms with van der Waals surface area (Å²) in [6.45, 7) is 2.37. The van der Waals surface area contributed by atoms with Crippen LogP contribution in [0.3, 0.4) is 0 Å². The molecule has 190 valence electrons. The maximum atomic E-state index is 13.4. The number of ether oxygens (including phenoxy) is 2. The van der Waals surface area contributed by atoms with E-state index in [1.807, 2.05) is 6.07 Å². The van der Waals surface area contributed by atoms with Gasteiger partial charge in [0.2, 0.25) is 5.91 Å². The normalized spacial score (nSPS) is 21.9. The fourth-order valence-electron chi connectivity index (χ4n) is 5.08. The molecule has 0 radical (unpaired) electrons. The minimum atomic E-state index is -1.05. The lowest BCUT2D eigenvalue weighted by Gasteiger charge is -2.28. The van der Waals surface area contributed by atoms with Crippen molar-refractivity contribution in [3.63, 3.8) is 0 Å². The lowest BCUT2D eigenvalue weighted by atomic mass is 9.86. The first-order chi connectivity index (χ1) is 17.9. The summed E-state index contributed by atoms with van der Waals surface area (Å²) in [4.78, 5) is 37.0. The number of benzene rings is 2. The topological polar surface area (TPSA) is 138 Å². The molecule has 5 rings (SSSR count). The summed E-state index contributed by atoms with van der Waals surface area (Å²) in [6, 6.07) is 12.4. The zero-order valence-electron chi connectivity index (χ0n) is 20.2.